The Labute approximate surface area is 293 Å². The molecule has 0 heterocycles. The monoisotopic (exact) mass is 680 g/mol. The van der Waals surface area contributed by atoms with Crippen molar-refractivity contribution in [1.82, 2.24) is 0 Å². The highest BCUT2D eigenvalue weighted by atomic mass is 32.2. The van der Waals surface area contributed by atoms with Crippen molar-refractivity contribution < 1.29 is 18.6 Å². The number of phenolic OH excluding ortho intramolecular Hbond substituents is 2. The van der Waals surface area contributed by atoms with E-state index in [9.17, 15) is 18.6 Å². The Morgan fingerprint density at radius 3 is 1.06 bits per heavy atom. The van der Waals surface area contributed by atoms with E-state index in [1.54, 1.807) is 36.7 Å². The molecule has 7 heteroatoms. The SMILES string of the molecule is CC(C)(C)c1cc(C=Nc2ccc(S(=O)(=O)c3ccc(N=Cc4cc(C(C)(C)C)cc(C(C)(C)C)c4O)cc3)cc2)c(O)c(C(C)(C)C)c1. The van der Waals surface area contributed by atoms with Gasteiger partial charge in [0, 0.05) is 34.7 Å². The average molecular weight is 681 g/mol. The fraction of sp³-hybridized carbons (Fsp3) is 0.381. The van der Waals surface area contributed by atoms with Crippen LogP contribution < -0.4 is 0 Å². The van der Waals surface area contributed by atoms with Crippen LogP contribution >= 0.6 is 0 Å². The summed E-state index contributed by atoms with van der Waals surface area (Å²) in [7, 11) is -3.79. The average Bonchev–Trinajstić information content (AvgIpc) is 2.98. The largest absolute Gasteiger partial charge is 0.507 e. The lowest BCUT2D eigenvalue weighted by Crippen LogP contribution is -2.17. The van der Waals surface area contributed by atoms with Crippen molar-refractivity contribution in [2.75, 3.05) is 0 Å². The minimum Gasteiger partial charge on any atom is -0.507 e. The molecule has 4 aromatic carbocycles. The maximum Gasteiger partial charge on any atom is 0.206 e. The number of sulfone groups is 1. The van der Waals surface area contributed by atoms with Crippen molar-refractivity contribution >= 4 is 33.6 Å². The van der Waals surface area contributed by atoms with Crippen molar-refractivity contribution in [3.8, 4) is 11.5 Å². The van der Waals surface area contributed by atoms with Crippen LogP contribution in [0.15, 0.2) is 92.6 Å². The Balaban J connectivity index is 1.57. The van der Waals surface area contributed by atoms with E-state index >= 15 is 0 Å². The molecule has 0 fully saturated rings. The molecule has 0 aromatic heterocycles. The van der Waals surface area contributed by atoms with E-state index < -0.39 is 9.84 Å². The number of aliphatic imine (C=N–C) groups is 2. The predicted molar refractivity (Wildman–Crippen MR) is 204 cm³/mol. The van der Waals surface area contributed by atoms with Gasteiger partial charge in [-0.15, -0.1) is 0 Å². The molecule has 0 atom stereocenters. The van der Waals surface area contributed by atoms with Gasteiger partial charge < -0.3 is 10.2 Å². The molecule has 0 amide bonds. The zero-order valence-electron chi connectivity index (χ0n) is 31.1. The third-order valence-corrected chi connectivity index (χ3v) is 10.4. The fourth-order valence-corrected chi connectivity index (χ4v) is 6.63. The van der Waals surface area contributed by atoms with E-state index in [1.165, 1.54) is 24.3 Å². The summed E-state index contributed by atoms with van der Waals surface area (Å²) in [6.45, 7) is 25.2. The van der Waals surface area contributed by atoms with Gasteiger partial charge in [-0.3, -0.25) is 9.98 Å². The summed E-state index contributed by atoms with van der Waals surface area (Å²) in [5.74, 6) is 0.391. The van der Waals surface area contributed by atoms with Crippen LogP contribution in [0.25, 0.3) is 0 Å². The number of nitrogens with zero attached hydrogens (tertiary/aromatic N) is 2. The van der Waals surface area contributed by atoms with E-state index in [0.29, 0.717) is 22.5 Å². The molecule has 0 spiro atoms. The third-order valence-electron chi connectivity index (χ3n) is 8.63. The highest BCUT2D eigenvalue weighted by molar-refractivity contribution is 7.91. The van der Waals surface area contributed by atoms with Gasteiger partial charge in [0.1, 0.15) is 11.5 Å². The second-order valence-corrected chi connectivity index (χ2v) is 18.9. The van der Waals surface area contributed by atoms with Crippen LogP contribution in [0.3, 0.4) is 0 Å². The Morgan fingerprint density at radius 2 is 0.796 bits per heavy atom. The van der Waals surface area contributed by atoms with E-state index in [2.05, 4.69) is 105 Å². The standard InChI is InChI=1S/C42H52N2O4S/c1-39(2,3)29-21-27(37(45)35(23-29)41(7,8)9)25-43-31-13-17-33(18-14-31)49(47,48)34-19-15-32(16-20-34)44-26-28-22-30(40(4,5)6)24-36(38(28)46)42(10,11)12/h13-26,45-46H,1-12H3. The summed E-state index contributed by atoms with van der Waals surface area (Å²) in [4.78, 5) is 9.43. The van der Waals surface area contributed by atoms with E-state index in [4.69, 9.17) is 0 Å². The van der Waals surface area contributed by atoms with Crippen LogP contribution in [0.1, 0.15) is 116 Å². The molecule has 0 saturated heterocycles. The molecule has 4 aromatic rings. The van der Waals surface area contributed by atoms with Gasteiger partial charge in [0.2, 0.25) is 9.84 Å². The lowest BCUT2D eigenvalue weighted by Gasteiger charge is -2.27. The first-order valence-electron chi connectivity index (χ1n) is 16.7. The van der Waals surface area contributed by atoms with Crippen LogP contribution in [-0.2, 0) is 31.5 Å². The zero-order chi connectivity index (χ0) is 36.7. The Kier molecular flexibility index (Phi) is 10.2. The number of rotatable bonds is 6. The van der Waals surface area contributed by atoms with Gasteiger partial charge in [-0.25, -0.2) is 8.42 Å². The van der Waals surface area contributed by atoms with Gasteiger partial charge in [0.05, 0.1) is 21.2 Å². The summed E-state index contributed by atoms with van der Waals surface area (Å²) >= 11 is 0. The molecule has 0 saturated carbocycles. The number of phenols is 2. The number of aromatic hydroxyl groups is 2. The molecule has 2 N–H and O–H groups in total. The molecule has 4 rings (SSSR count). The van der Waals surface area contributed by atoms with Gasteiger partial charge in [0.25, 0.3) is 0 Å². The fourth-order valence-electron chi connectivity index (χ4n) is 5.37. The summed E-state index contributed by atoms with van der Waals surface area (Å²) in [6, 6.07) is 20.8. The highest BCUT2D eigenvalue weighted by Gasteiger charge is 2.26. The smallest absolute Gasteiger partial charge is 0.206 e. The summed E-state index contributed by atoms with van der Waals surface area (Å²) in [6.07, 6.45) is 3.26. The van der Waals surface area contributed by atoms with Crippen molar-refractivity contribution in [2.45, 2.75) is 115 Å². The molecule has 0 unspecified atom stereocenters. The molecule has 0 aliphatic rings. The first kappa shape index (κ1) is 37.6. The first-order chi connectivity index (χ1) is 22.4. The molecule has 49 heavy (non-hydrogen) atoms. The van der Waals surface area contributed by atoms with E-state index in [0.717, 1.165) is 22.3 Å². The van der Waals surface area contributed by atoms with Crippen LogP contribution in [-0.4, -0.2) is 31.1 Å². The summed E-state index contributed by atoms with van der Waals surface area (Å²) < 4.78 is 27.0. The summed E-state index contributed by atoms with van der Waals surface area (Å²) in [5.41, 5.74) is 5.50. The molecule has 0 bridgehead atoms. The number of hydrogen-bond acceptors (Lipinski definition) is 6. The normalized spacial score (nSPS) is 13.5. The molecular formula is C42H52N2O4S. The lowest BCUT2D eigenvalue weighted by molar-refractivity contribution is 0.443. The van der Waals surface area contributed by atoms with Crippen LogP contribution in [0, 0.1) is 0 Å². The predicted octanol–water partition coefficient (Wildman–Crippen LogP) is 10.6. The Hall–Kier alpha value is -4.23. The quantitative estimate of drug-likeness (QED) is 0.198. The number of benzene rings is 4. The van der Waals surface area contributed by atoms with Crippen molar-refractivity contribution in [3.05, 3.63) is 106 Å². The van der Waals surface area contributed by atoms with Gasteiger partial charge in [-0.2, -0.15) is 0 Å². The van der Waals surface area contributed by atoms with Crippen molar-refractivity contribution in [2.24, 2.45) is 9.98 Å². The van der Waals surface area contributed by atoms with Crippen molar-refractivity contribution in [1.29, 1.82) is 0 Å². The van der Waals surface area contributed by atoms with E-state index in [1.807, 2.05) is 12.1 Å². The topological polar surface area (TPSA) is 99.3 Å². The number of hydrogen-bond donors (Lipinski definition) is 2. The Bertz CT molecular complexity index is 1850. The lowest BCUT2D eigenvalue weighted by atomic mass is 9.79. The third kappa shape index (κ3) is 8.69. The van der Waals surface area contributed by atoms with Crippen molar-refractivity contribution in [3.63, 3.8) is 0 Å². The van der Waals surface area contributed by atoms with Crippen LogP contribution in [0.5, 0.6) is 11.5 Å². The summed E-state index contributed by atoms with van der Waals surface area (Å²) in [5, 5.41) is 22.2. The molecular weight excluding hydrogens is 629 g/mol. The zero-order valence-corrected chi connectivity index (χ0v) is 31.9. The molecule has 0 radical (unpaired) electrons. The van der Waals surface area contributed by atoms with Crippen LogP contribution in [0.2, 0.25) is 0 Å². The maximum absolute atomic E-state index is 13.5. The van der Waals surface area contributed by atoms with Gasteiger partial charge in [-0.05, 0) is 93.5 Å². The van der Waals surface area contributed by atoms with Gasteiger partial charge >= 0.3 is 0 Å². The highest BCUT2D eigenvalue weighted by Crippen LogP contribution is 2.39. The first-order valence-corrected chi connectivity index (χ1v) is 18.2. The minimum absolute atomic E-state index is 0.117. The van der Waals surface area contributed by atoms with Gasteiger partial charge in [0.15, 0.2) is 0 Å². The molecule has 0 aliphatic heterocycles. The molecule has 6 nitrogen and oxygen atoms in total. The van der Waals surface area contributed by atoms with Gasteiger partial charge in [-0.1, -0.05) is 95.2 Å². The molecule has 0 aliphatic carbocycles. The Morgan fingerprint density at radius 1 is 0.490 bits per heavy atom. The molecule has 260 valence electrons. The van der Waals surface area contributed by atoms with Crippen LogP contribution in [0.4, 0.5) is 11.4 Å². The van der Waals surface area contributed by atoms with E-state index in [-0.39, 0.29) is 42.9 Å². The second-order valence-electron chi connectivity index (χ2n) is 16.9. The minimum atomic E-state index is -3.79. The maximum atomic E-state index is 13.5. The second kappa shape index (κ2) is 13.2.